The summed E-state index contributed by atoms with van der Waals surface area (Å²) in [6.07, 6.45) is 0. The SMILES string of the molecule is CC1(C)CN(C(=O)c2cc(Br)c(Br)s2)CCO1. The first-order chi connectivity index (χ1) is 7.89. The Morgan fingerprint density at radius 1 is 1.53 bits per heavy atom. The van der Waals surface area contributed by atoms with Crippen LogP contribution in [0.4, 0.5) is 0 Å². The van der Waals surface area contributed by atoms with E-state index in [1.54, 1.807) is 0 Å². The van der Waals surface area contributed by atoms with Crippen molar-refractivity contribution >= 4 is 49.1 Å². The molecule has 0 atom stereocenters. The Morgan fingerprint density at radius 3 is 2.76 bits per heavy atom. The third-order valence-corrected chi connectivity index (χ3v) is 5.81. The summed E-state index contributed by atoms with van der Waals surface area (Å²) in [5.74, 6) is 0.0813. The molecule has 2 heterocycles. The molecule has 1 saturated heterocycles. The number of halogens is 2. The molecule has 0 saturated carbocycles. The molecule has 2 rings (SSSR count). The van der Waals surface area contributed by atoms with Crippen LogP contribution in [0.3, 0.4) is 0 Å². The Kier molecular flexibility index (Phi) is 3.97. The van der Waals surface area contributed by atoms with E-state index in [2.05, 4.69) is 31.9 Å². The van der Waals surface area contributed by atoms with Crippen molar-refractivity contribution in [2.24, 2.45) is 0 Å². The van der Waals surface area contributed by atoms with Crippen LogP contribution >= 0.6 is 43.2 Å². The fraction of sp³-hybridized carbons (Fsp3) is 0.545. The van der Waals surface area contributed by atoms with Crippen molar-refractivity contribution in [2.75, 3.05) is 19.7 Å². The van der Waals surface area contributed by atoms with E-state index in [0.29, 0.717) is 19.7 Å². The quantitative estimate of drug-likeness (QED) is 0.743. The summed E-state index contributed by atoms with van der Waals surface area (Å²) in [6.45, 7) is 5.92. The van der Waals surface area contributed by atoms with E-state index in [1.807, 2.05) is 24.8 Å². The molecule has 1 aromatic heterocycles. The highest BCUT2D eigenvalue weighted by molar-refractivity contribution is 9.13. The number of hydrogen-bond donors (Lipinski definition) is 0. The van der Waals surface area contributed by atoms with Crippen molar-refractivity contribution in [1.82, 2.24) is 4.90 Å². The molecular formula is C11H13Br2NO2S. The van der Waals surface area contributed by atoms with Crippen molar-refractivity contribution in [3.63, 3.8) is 0 Å². The van der Waals surface area contributed by atoms with Gasteiger partial charge < -0.3 is 9.64 Å². The summed E-state index contributed by atoms with van der Waals surface area (Å²) < 4.78 is 7.48. The summed E-state index contributed by atoms with van der Waals surface area (Å²) in [7, 11) is 0. The second-order valence-corrected chi connectivity index (χ2v) is 7.79. The van der Waals surface area contributed by atoms with Gasteiger partial charge in [0.25, 0.3) is 5.91 Å². The molecule has 0 unspecified atom stereocenters. The van der Waals surface area contributed by atoms with Gasteiger partial charge >= 0.3 is 0 Å². The minimum atomic E-state index is -0.250. The summed E-state index contributed by atoms with van der Waals surface area (Å²) in [5, 5.41) is 0. The van der Waals surface area contributed by atoms with Crippen molar-refractivity contribution < 1.29 is 9.53 Å². The first-order valence-electron chi connectivity index (χ1n) is 5.27. The summed E-state index contributed by atoms with van der Waals surface area (Å²) >= 11 is 8.26. The third-order valence-electron chi connectivity index (χ3n) is 2.57. The molecule has 17 heavy (non-hydrogen) atoms. The zero-order chi connectivity index (χ0) is 12.6. The van der Waals surface area contributed by atoms with Crippen LogP contribution in [0.15, 0.2) is 14.3 Å². The minimum absolute atomic E-state index is 0.0813. The van der Waals surface area contributed by atoms with E-state index in [1.165, 1.54) is 11.3 Å². The second kappa shape index (κ2) is 4.99. The smallest absolute Gasteiger partial charge is 0.264 e. The number of thiophene rings is 1. The largest absolute Gasteiger partial charge is 0.372 e. The van der Waals surface area contributed by atoms with Crippen LogP contribution < -0.4 is 0 Å². The maximum absolute atomic E-state index is 12.3. The molecule has 1 aromatic rings. The van der Waals surface area contributed by atoms with Gasteiger partial charge in [-0.15, -0.1) is 11.3 Å². The van der Waals surface area contributed by atoms with Gasteiger partial charge in [0.1, 0.15) is 0 Å². The fourth-order valence-corrected chi connectivity index (χ4v) is 3.80. The van der Waals surface area contributed by atoms with Crippen LogP contribution in [-0.2, 0) is 4.74 Å². The molecular weight excluding hydrogens is 370 g/mol. The number of nitrogens with zero attached hydrogens (tertiary/aromatic N) is 1. The Morgan fingerprint density at radius 2 is 2.24 bits per heavy atom. The van der Waals surface area contributed by atoms with E-state index in [4.69, 9.17) is 4.74 Å². The van der Waals surface area contributed by atoms with Crippen LogP contribution in [0.2, 0.25) is 0 Å². The average molecular weight is 383 g/mol. The van der Waals surface area contributed by atoms with E-state index in [-0.39, 0.29) is 11.5 Å². The highest BCUT2D eigenvalue weighted by atomic mass is 79.9. The predicted molar refractivity (Wildman–Crippen MR) is 75.7 cm³/mol. The van der Waals surface area contributed by atoms with Gasteiger partial charge in [-0.3, -0.25) is 4.79 Å². The van der Waals surface area contributed by atoms with Crippen LogP contribution in [-0.4, -0.2) is 36.1 Å². The zero-order valence-corrected chi connectivity index (χ0v) is 13.6. The van der Waals surface area contributed by atoms with Gasteiger partial charge in [-0.25, -0.2) is 0 Å². The van der Waals surface area contributed by atoms with Crippen molar-refractivity contribution in [2.45, 2.75) is 19.4 Å². The summed E-state index contributed by atoms with van der Waals surface area (Å²) in [6, 6.07) is 1.86. The minimum Gasteiger partial charge on any atom is -0.372 e. The molecule has 1 amide bonds. The van der Waals surface area contributed by atoms with E-state index < -0.39 is 0 Å². The monoisotopic (exact) mass is 381 g/mol. The molecule has 0 aromatic carbocycles. The number of morpholine rings is 1. The standard InChI is InChI=1S/C11H13Br2NO2S/c1-11(2)6-14(3-4-16-11)10(15)8-5-7(12)9(13)17-8/h5H,3-4,6H2,1-2H3. The van der Waals surface area contributed by atoms with Crippen LogP contribution in [0.1, 0.15) is 23.5 Å². The molecule has 1 fully saturated rings. The lowest BCUT2D eigenvalue weighted by Crippen LogP contribution is -2.50. The Balaban J connectivity index is 2.15. The zero-order valence-electron chi connectivity index (χ0n) is 9.63. The van der Waals surface area contributed by atoms with Crippen LogP contribution in [0.5, 0.6) is 0 Å². The lowest BCUT2D eigenvalue weighted by Gasteiger charge is -2.37. The number of carbonyl (C=O) groups is 1. The normalized spacial score (nSPS) is 19.4. The number of rotatable bonds is 1. The van der Waals surface area contributed by atoms with E-state index in [9.17, 15) is 4.79 Å². The molecule has 94 valence electrons. The predicted octanol–water partition coefficient (Wildman–Crippen LogP) is 3.52. The third kappa shape index (κ3) is 3.10. The number of ether oxygens (including phenoxy) is 1. The summed E-state index contributed by atoms with van der Waals surface area (Å²) in [4.78, 5) is 14.9. The van der Waals surface area contributed by atoms with Crippen molar-refractivity contribution in [3.8, 4) is 0 Å². The first kappa shape index (κ1) is 13.5. The van der Waals surface area contributed by atoms with Gasteiger partial charge in [0.2, 0.25) is 0 Å². The maximum atomic E-state index is 12.3. The van der Waals surface area contributed by atoms with Gasteiger partial charge in [0.05, 0.1) is 20.9 Å². The number of hydrogen-bond acceptors (Lipinski definition) is 3. The Labute approximate surface area is 121 Å². The van der Waals surface area contributed by atoms with Gasteiger partial charge in [-0.2, -0.15) is 0 Å². The molecule has 0 bridgehead atoms. The first-order valence-corrected chi connectivity index (χ1v) is 7.67. The van der Waals surface area contributed by atoms with Gasteiger partial charge in [0, 0.05) is 17.6 Å². The van der Waals surface area contributed by atoms with Crippen molar-refractivity contribution in [3.05, 3.63) is 19.2 Å². The average Bonchev–Trinajstić information content (AvgIpc) is 2.57. The van der Waals surface area contributed by atoms with Crippen molar-refractivity contribution in [1.29, 1.82) is 0 Å². The maximum Gasteiger partial charge on any atom is 0.264 e. The Hall–Kier alpha value is 0.0900. The highest BCUT2D eigenvalue weighted by Gasteiger charge is 2.31. The van der Waals surface area contributed by atoms with Gasteiger partial charge in [-0.05, 0) is 51.8 Å². The van der Waals surface area contributed by atoms with Crippen LogP contribution in [0.25, 0.3) is 0 Å². The Bertz CT molecular complexity index is 425. The lowest BCUT2D eigenvalue weighted by atomic mass is 10.1. The summed E-state index contributed by atoms with van der Waals surface area (Å²) in [5.41, 5.74) is -0.250. The molecule has 6 heteroatoms. The second-order valence-electron chi connectivity index (χ2n) is 4.57. The molecule has 0 aliphatic carbocycles. The molecule has 1 aliphatic heterocycles. The molecule has 0 radical (unpaired) electrons. The molecule has 1 aliphatic rings. The number of carbonyl (C=O) groups excluding carboxylic acids is 1. The molecule has 0 spiro atoms. The molecule has 0 N–H and O–H groups in total. The van der Waals surface area contributed by atoms with Gasteiger partial charge in [-0.1, -0.05) is 0 Å². The lowest BCUT2D eigenvalue weighted by molar-refractivity contribution is -0.0763. The topological polar surface area (TPSA) is 29.5 Å². The van der Waals surface area contributed by atoms with Crippen LogP contribution in [0, 0.1) is 0 Å². The van der Waals surface area contributed by atoms with E-state index >= 15 is 0 Å². The molecule has 3 nitrogen and oxygen atoms in total. The highest BCUT2D eigenvalue weighted by Crippen LogP contribution is 2.33. The fourth-order valence-electron chi connectivity index (χ4n) is 1.80. The van der Waals surface area contributed by atoms with E-state index in [0.717, 1.165) is 13.1 Å². The van der Waals surface area contributed by atoms with Gasteiger partial charge in [0.15, 0.2) is 0 Å². The number of amides is 1.